The normalized spacial score (nSPS) is 14.8. The van der Waals surface area contributed by atoms with Gasteiger partial charge in [0.2, 0.25) is 0 Å². The Morgan fingerprint density at radius 3 is 1.53 bits per heavy atom. The zero-order chi connectivity index (χ0) is 44.1. The molecule has 0 bridgehead atoms. The van der Waals surface area contributed by atoms with Gasteiger partial charge in [-0.3, -0.25) is 4.79 Å². The van der Waals surface area contributed by atoms with Crippen LogP contribution in [-0.2, 0) is 41.3 Å². The second kappa shape index (κ2) is 30.2. The summed E-state index contributed by atoms with van der Waals surface area (Å²) >= 11 is 6.09. The number of piperidine rings is 1. The third-order valence-electron chi connectivity index (χ3n) is 10.2. The number of nitrogen functional groups attached to an aromatic ring is 2. The van der Waals surface area contributed by atoms with Crippen LogP contribution in [0.3, 0.4) is 0 Å². The number of hydrogen-bond donors (Lipinski definition) is 5. The number of anilines is 2. The third kappa shape index (κ3) is 20.1. The van der Waals surface area contributed by atoms with Gasteiger partial charge in [0.25, 0.3) is 5.91 Å². The van der Waals surface area contributed by atoms with Crippen molar-refractivity contribution in [2.24, 2.45) is 0 Å². The molecule has 0 aliphatic carbocycles. The molecule has 1 aliphatic rings. The second-order valence-electron chi connectivity index (χ2n) is 15.0. The quantitative estimate of drug-likeness (QED) is 0.0430. The Balaban J connectivity index is 1.23. The first-order chi connectivity index (χ1) is 30.3. The number of halogens is 1. The van der Waals surface area contributed by atoms with Crippen molar-refractivity contribution >= 4 is 29.1 Å². The number of carbonyl (C=O) groups excluding carboxylic acids is 1. The lowest BCUT2D eigenvalue weighted by molar-refractivity contribution is -0.933. The topological polar surface area (TPSA) is 221 Å². The van der Waals surface area contributed by atoms with Crippen LogP contribution in [0.25, 0.3) is 0 Å². The van der Waals surface area contributed by atoms with Crippen LogP contribution in [0.1, 0.15) is 47.3 Å². The standard InChI is InChI=1S/C44H67ClN6O11/c45-41-43(47)50-42(46)40(49-41)44(54)48-37-6-3-17-51(34-37,15-1-4-35-7-11-38(12-8-35)61-32-30-59-28-26-57-24-22-55-20-18-52)16-2-5-36-9-13-39(14-10-36)62-33-31-60-29-27-58-25-23-56-21-19-53/h7-14,37,52-53H,1-6,15-34H2,(H4-,46,47,48,50,54)/p+1. The van der Waals surface area contributed by atoms with E-state index >= 15 is 0 Å². The average Bonchev–Trinajstić information content (AvgIpc) is 3.27. The molecule has 1 fully saturated rings. The Kier molecular flexibility index (Phi) is 24.8. The predicted molar refractivity (Wildman–Crippen MR) is 236 cm³/mol. The summed E-state index contributed by atoms with van der Waals surface area (Å²) in [6, 6.07) is 16.4. The van der Waals surface area contributed by atoms with Gasteiger partial charge in [0, 0.05) is 12.8 Å². The number of benzene rings is 2. The van der Waals surface area contributed by atoms with Crippen LogP contribution in [-0.4, -0.2) is 169 Å². The van der Waals surface area contributed by atoms with Crippen molar-refractivity contribution in [3.8, 4) is 11.5 Å². The second-order valence-corrected chi connectivity index (χ2v) is 15.3. The van der Waals surface area contributed by atoms with Gasteiger partial charge in [0.05, 0.1) is 125 Å². The van der Waals surface area contributed by atoms with Gasteiger partial charge in [-0.2, -0.15) is 0 Å². The molecule has 0 saturated carbocycles. The molecule has 1 aliphatic heterocycles. The molecule has 1 saturated heterocycles. The van der Waals surface area contributed by atoms with E-state index in [4.69, 9.17) is 71.2 Å². The summed E-state index contributed by atoms with van der Waals surface area (Å²) in [5, 5.41) is 20.6. The van der Waals surface area contributed by atoms with Gasteiger partial charge >= 0.3 is 0 Å². The molecule has 7 N–H and O–H groups in total. The van der Waals surface area contributed by atoms with Crippen LogP contribution in [0.15, 0.2) is 48.5 Å². The van der Waals surface area contributed by atoms with Gasteiger partial charge in [-0.1, -0.05) is 35.9 Å². The molecule has 2 aromatic carbocycles. The molecule has 1 unspecified atom stereocenters. The van der Waals surface area contributed by atoms with Crippen LogP contribution >= 0.6 is 11.6 Å². The van der Waals surface area contributed by atoms with Crippen LogP contribution in [0.4, 0.5) is 11.6 Å². The smallest absolute Gasteiger partial charge is 0.274 e. The Bertz CT molecular complexity index is 1590. The van der Waals surface area contributed by atoms with E-state index < -0.39 is 5.91 Å². The van der Waals surface area contributed by atoms with E-state index in [0.717, 1.165) is 80.7 Å². The number of aryl methyl sites for hydroxylation is 2. The van der Waals surface area contributed by atoms with Gasteiger partial charge in [0.15, 0.2) is 22.5 Å². The SMILES string of the molecule is Nc1nc(N)c(C(=O)NC2CCC[N+](CCCc3ccc(OCCOCCOCCOCCO)cc3)(CCCc3ccc(OCCOCCOCCOCCO)cc3)C2)nc1Cl. The number of aliphatic hydroxyl groups is 2. The Hall–Kier alpha value is -3.88. The minimum absolute atomic E-state index is 0.00763. The minimum atomic E-state index is -0.402. The maximum Gasteiger partial charge on any atom is 0.274 e. The molecule has 3 aromatic rings. The molecule has 0 radical (unpaired) electrons. The van der Waals surface area contributed by atoms with Crippen molar-refractivity contribution in [3.05, 3.63) is 70.5 Å². The fraction of sp³-hybridized carbons (Fsp3) is 0.614. The highest BCUT2D eigenvalue weighted by atomic mass is 35.5. The first-order valence-corrected chi connectivity index (χ1v) is 22.0. The van der Waals surface area contributed by atoms with E-state index in [-0.39, 0.29) is 41.7 Å². The number of nitrogens with zero attached hydrogens (tertiary/aromatic N) is 3. The zero-order valence-corrected chi connectivity index (χ0v) is 36.8. The van der Waals surface area contributed by atoms with E-state index in [2.05, 4.69) is 39.6 Å². The number of aliphatic hydroxyl groups excluding tert-OH is 2. The van der Waals surface area contributed by atoms with Crippen molar-refractivity contribution < 1.29 is 57.4 Å². The fourth-order valence-corrected chi connectivity index (χ4v) is 7.34. The van der Waals surface area contributed by atoms with E-state index in [1.54, 1.807) is 0 Å². The number of aromatic nitrogens is 2. The summed E-state index contributed by atoms with van der Waals surface area (Å²) in [5.74, 6) is 1.13. The van der Waals surface area contributed by atoms with Crippen molar-refractivity contribution in [3.63, 3.8) is 0 Å². The Morgan fingerprint density at radius 1 is 0.645 bits per heavy atom. The third-order valence-corrected chi connectivity index (χ3v) is 10.5. The Morgan fingerprint density at radius 2 is 1.08 bits per heavy atom. The number of nitrogens with one attached hydrogen (secondary N) is 1. The largest absolute Gasteiger partial charge is 0.491 e. The maximum atomic E-state index is 13.3. The molecule has 17 nitrogen and oxygen atoms in total. The van der Waals surface area contributed by atoms with Crippen LogP contribution in [0, 0.1) is 0 Å². The number of likely N-dealkylation sites (tertiary alicyclic amines) is 1. The molecular weight excluding hydrogens is 824 g/mol. The van der Waals surface area contributed by atoms with Gasteiger partial charge in [-0.25, -0.2) is 9.97 Å². The van der Waals surface area contributed by atoms with Crippen LogP contribution in [0.2, 0.25) is 5.15 Å². The Labute approximate surface area is 370 Å². The predicted octanol–water partition coefficient (Wildman–Crippen LogP) is 3.11. The van der Waals surface area contributed by atoms with Gasteiger partial charge in [0.1, 0.15) is 24.7 Å². The molecular formula is C44H68ClN6O11+. The van der Waals surface area contributed by atoms with E-state index in [1.807, 2.05) is 24.3 Å². The summed E-state index contributed by atoms with van der Waals surface area (Å²) in [5.41, 5.74) is 14.2. The minimum Gasteiger partial charge on any atom is -0.491 e. The highest BCUT2D eigenvalue weighted by Gasteiger charge is 2.35. The lowest BCUT2D eigenvalue weighted by Crippen LogP contribution is -2.60. The highest BCUT2D eigenvalue weighted by Crippen LogP contribution is 2.25. The number of hydrogen-bond acceptors (Lipinski definition) is 15. The van der Waals surface area contributed by atoms with Gasteiger partial charge in [-0.15, -0.1) is 0 Å². The summed E-state index contributed by atoms with van der Waals surface area (Å²) in [6.07, 6.45) is 5.64. The van der Waals surface area contributed by atoms with Crippen molar-refractivity contribution in [2.45, 2.75) is 44.6 Å². The first-order valence-electron chi connectivity index (χ1n) is 21.7. The fourth-order valence-electron chi connectivity index (χ4n) is 7.21. The molecule has 1 atom stereocenters. The number of ether oxygens (including phenoxy) is 8. The lowest BCUT2D eigenvalue weighted by atomic mass is 9.99. The molecule has 18 heteroatoms. The summed E-state index contributed by atoms with van der Waals surface area (Å²) in [4.78, 5) is 21.5. The number of amides is 1. The van der Waals surface area contributed by atoms with E-state index in [1.165, 1.54) is 11.1 Å². The molecule has 1 amide bonds. The molecule has 4 rings (SSSR count). The molecule has 62 heavy (non-hydrogen) atoms. The first kappa shape index (κ1) is 50.8. The van der Waals surface area contributed by atoms with E-state index in [0.29, 0.717) is 92.5 Å². The van der Waals surface area contributed by atoms with Gasteiger partial charge in [-0.05, 0) is 61.1 Å². The lowest BCUT2D eigenvalue weighted by Gasteiger charge is -2.45. The summed E-state index contributed by atoms with van der Waals surface area (Å²) in [6.45, 7) is 9.93. The molecule has 346 valence electrons. The number of quaternary nitrogens is 1. The summed E-state index contributed by atoms with van der Waals surface area (Å²) in [7, 11) is 0. The van der Waals surface area contributed by atoms with Crippen molar-refractivity contribution in [1.29, 1.82) is 0 Å². The van der Waals surface area contributed by atoms with E-state index in [9.17, 15) is 4.79 Å². The molecule has 1 aromatic heterocycles. The van der Waals surface area contributed by atoms with Crippen molar-refractivity contribution in [2.75, 3.05) is 143 Å². The van der Waals surface area contributed by atoms with Gasteiger partial charge < -0.3 is 69.4 Å². The monoisotopic (exact) mass is 891 g/mol. The summed E-state index contributed by atoms with van der Waals surface area (Å²) < 4.78 is 45.0. The average molecular weight is 893 g/mol. The number of nitrogens with two attached hydrogens (primary N) is 2. The number of carbonyl (C=O) groups is 1. The van der Waals surface area contributed by atoms with Crippen LogP contribution in [0.5, 0.6) is 11.5 Å². The van der Waals surface area contributed by atoms with Crippen molar-refractivity contribution in [1.82, 2.24) is 15.3 Å². The molecule has 2 heterocycles. The molecule has 0 spiro atoms. The van der Waals surface area contributed by atoms with Crippen LogP contribution < -0.4 is 26.3 Å². The number of rotatable bonds is 34. The highest BCUT2D eigenvalue weighted by molar-refractivity contribution is 6.31. The zero-order valence-electron chi connectivity index (χ0n) is 36.0. The maximum absolute atomic E-state index is 13.3.